The molecule has 0 saturated carbocycles. The van der Waals surface area contributed by atoms with Crippen LogP contribution in [0.25, 0.3) is 22.4 Å². The van der Waals surface area contributed by atoms with Gasteiger partial charge in [-0.15, -0.1) is 5.10 Å². The van der Waals surface area contributed by atoms with E-state index in [1.165, 1.54) is 15.9 Å². The average molecular weight is 370 g/mol. The lowest BCUT2D eigenvalue weighted by Crippen LogP contribution is -2.23. The second-order valence-corrected chi connectivity index (χ2v) is 6.77. The van der Waals surface area contributed by atoms with Crippen LogP contribution in [0.2, 0.25) is 5.02 Å². The predicted molar refractivity (Wildman–Crippen MR) is 99.4 cm³/mol. The minimum absolute atomic E-state index is 0.179. The maximum atomic E-state index is 12.5. The second kappa shape index (κ2) is 6.31. The fourth-order valence-electron chi connectivity index (χ4n) is 2.41. The maximum absolute atomic E-state index is 12.5. The molecule has 0 radical (unpaired) electrons. The topological polar surface area (TPSA) is 56.5 Å². The Morgan fingerprint density at radius 2 is 1.84 bits per heavy atom. The van der Waals surface area contributed by atoms with E-state index in [0.717, 1.165) is 16.9 Å². The minimum atomic E-state index is -0.179. The normalized spacial score (nSPS) is 12.0. The van der Waals surface area contributed by atoms with Gasteiger partial charge in [-0.3, -0.25) is 4.79 Å². The third kappa shape index (κ3) is 3.01. The molecule has 0 atom stereocenters. The van der Waals surface area contributed by atoms with Crippen molar-refractivity contribution in [2.24, 2.45) is 0 Å². The van der Waals surface area contributed by atoms with Crippen molar-refractivity contribution in [3.8, 4) is 17.1 Å². The van der Waals surface area contributed by atoms with Crippen LogP contribution >= 0.6 is 22.9 Å². The zero-order valence-corrected chi connectivity index (χ0v) is 14.7. The summed E-state index contributed by atoms with van der Waals surface area (Å²) in [5.41, 5.74) is 1.56. The van der Waals surface area contributed by atoms with E-state index in [0.29, 0.717) is 20.3 Å². The molecular formula is C18H12ClN3O2S. The molecule has 0 aliphatic rings. The molecule has 0 saturated heterocycles. The molecule has 7 heteroatoms. The Bertz CT molecular complexity index is 1150. The highest BCUT2D eigenvalue weighted by Gasteiger charge is 2.12. The van der Waals surface area contributed by atoms with Gasteiger partial charge in [0.2, 0.25) is 4.96 Å². The number of ether oxygens (including phenoxy) is 1. The van der Waals surface area contributed by atoms with E-state index in [9.17, 15) is 4.79 Å². The molecule has 25 heavy (non-hydrogen) atoms. The van der Waals surface area contributed by atoms with Crippen LogP contribution in [-0.4, -0.2) is 21.7 Å². The van der Waals surface area contributed by atoms with E-state index in [4.69, 9.17) is 16.3 Å². The quantitative estimate of drug-likeness (QED) is 0.557. The third-order valence-corrected chi connectivity index (χ3v) is 4.91. The molecular weight excluding hydrogens is 358 g/mol. The van der Waals surface area contributed by atoms with Crippen LogP contribution in [0.1, 0.15) is 5.56 Å². The molecule has 0 bridgehead atoms. The monoisotopic (exact) mass is 369 g/mol. The average Bonchev–Trinajstić information content (AvgIpc) is 3.17. The molecule has 0 fully saturated rings. The van der Waals surface area contributed by atoms with E-state index in [2.05, 4.69) is 10.1 Å². The highest BCUT2D eigenvalue weighted by Crippen LogP contribution is 2.20. The van der Waals surface area contributed by atoms with Crippen LogP contribution in [0.4, 0.5) is 0 Å². The van der Waals surface area contributed by atoms with Crippen molar-refractivity contribution in [3.05, 3.63) is 74.0 Å². The van der Waals surface area contributed by atoms with E-state index < -0.39 is 0 Å². The van der Waals surface area contributed by atoms with Gasteiger partial charge in [0.15, 0.2) is 5.82 Å². The summed E-state index contributed by atoms with van der Waals surface area (Å²) in [6, 6.07) is 14.7. The molecule has 0 spiro atoms. The largest absolute Gasteiger partial charge is 0.497 e. The molecule has 0 amide bonds. The molecule has 124 valence electrons. The fourth-order valence-corrected chi connectivity index (χ4v) is 3.44. The first-order chi connectivity index (χ1) is 12.1. The third-order valence-electron chi connectivity index (χ3n) is 3.70. The number of halogens is 1. The SMILES string of the molecule is COc1ccc(-c2nc3s/c(=C\c4ccc(Cl)cc4)c(=O)n3n2)cc1. The van der Waals surface area contributed by atoms with Crippen LogP contribution in [0.5, 0.6) is 5.75 Å². The van der Waals surface area contributed by atoms with Crippen molar-refractivity contribution in [3.63, 3.8) is 0 Å². The Labute approximate surface area is 151 Å². The molecule has 4 aromatic rings. The molecule has 2 aromatic carbocycles. The van der Waals surface area contributed by atoms with E-state index in [-0.39, 0.29) is 5.56 Å². The van der Waals surface area contributed by atoms with Gasteiger partial charge in [-0.1, -0.05) is 35.1 Å². The number of hydrogen-bond donors (Lipinski definition) is 0. The molecule has 0 unspecified atom stereocenters. The summed E-state index contributed by atoms with van der Waals surface area (Å²) in [6.45, 7) is 0. The lowest BCUT2D eigenvalue weighted by atomic mass is 10.2. The number of thiazole rings is 1. The van der Waals surface area contributed by atoms with Gasteiger partial charge in [0, 0.05) is 10.6 Å². The zero-order valence-electron chi connectivity index (χ0n) is 13.1. The van der Waals surface area contributed by atoms with Crippen LogP contribution in [0, 0.1) is 0 Å². The summed E-state index contributed by atoms with van der Waals surface area (Å²) in [6.07, 6.45) is 1.81. The molecule has 2 aromatic heterocycles. The number of nitrogens with zero attached hydrogens (tertiary/aromatic N) is 3. The number of benzene rings is 2. The van der Waals surface area contributed by atoms with Crippen molar-refractivity contribution in [2.45, 2.75) is 0 Å². The Balaban J connectivity index is 1.76. The first-order valence-corrected chi connectivity index (χ1v) is 8.65. The van der Waals surface area contributed by atoms with Gasteiger partial charge >= 0.3 is 0 Å². The van der Waals surface area contributed by atoms with Gasteiger partial charge in [0.1, 0.15) is 5.75 Å². The van der Waals surface area contributed by atoms with Crippen molar-refractivity contribution in [1.29, 1.82) is 0 Å². The van der Waals surface area contributed by atoms with Gasteiger partial charge in [0.25, 0.3) is 5.56 Å². The summed E-state index contributed by atoms with van der Waals surface area (Å²) < 4.78 is 7.06. The summed E-state index contributed by atoms with van der Waals surface area (Å²) in [4.78, 5) is 17.6. The van der Waals surface area contributed by atoms with Crippen molar-refractivity contribution in [1.82, 2.24) is 14.6 Å². The highest BCUT2D eigenvalue weighted by molar-refractivity contribution is 7.15. The van der Waals surface area contributed by atoms with Crippen molar-refractivity contribution in [2.75, 3.05) is 7.11 Å². The minimum Gasteiger partial charge on any atom is -0.497 e. The summed E-state index contributed by atoms with van der Waals surface area (Å²) in [7, 11) is 1.61. The van der Waals surface area contributed by atoms with Crippen LogP contribution in [0.3, 0.4) is 0 Å². The molecule has 5 nitrogen and oxygen atoms in total. The van der Waals surface area contributed by atoms with Gasteiger partial charge in [0.05, 0.1) is 11.6 Å². The number of methoxy groups -OCH3 is 1. The standard InChI is InChI=1S/C18H12ClN3O2S/c1-24-14-8-4-12(5-9-14)16-20-18-22(21-16)17(23)15(25-18)10-11-2-6-13(19)7-3-11/h2-10H,1H3/b15-10-. The summed E-state index contributed by atoms with van der Waals surface area (Å²) in [5.74, 6) is 1.28. The molecule has 0 aliphatic heterocycles. The fraction of sp³-hybridized carbons (Fsp3) is 0.0556. The Morgan fingerprint density at radius 3 is 2.48 bits per heavy atom. The van der Waals surface area contributed by atoms with Gasteiger partial charge < -0.3 is 4.74 Å². The number of aromatic nitrogens is 3. The first-order valence-electron chi connectivity index (χ1n) is 7.45. The Kier molecular flexibility index (Phi) is 3.99. The van der Waals surface area contributed by atoms with E-state index >= 15 is 0 Å². The molecule has 4 rings (SSSR count). The molecule has 0 N–H and O–H groups in total. The lowest BCUT2D eigenvalue weighted by molar-refractivity contribution is 0.415. The zero-order chi connectivity index (χ0) is 17.4. The van der Waals surface area contributed by atoms with Crippen LogP contribution < -0.4 is 14.8 Å². The van der Waals surface area contributed by atoms with Gasteiger partial charge in [-0.05, 0) is 48.0 Å². The van der Waals surface area contributed by atoms with Crippen LogP contribution in [0.15, 0.2) is 53.3 Å². The Hall–Kier alpha value is -2.70. The summed E-state index contributed by atoms with van der Waals surface area (Å²) >= 11 is 7.19. The molecule has 0 aliphatic carbocycles. The number of fused-ring (bicyclic) bond motifs is 1. The lowest BCUT2D eigenvalue weighted by Gasteiger charge is -1.99. The Morgan fingerprint density at radius 1 is 1.12 bits per heavy atom. The first kappa shape index (κ1) is 15.8. The number of hydrogen-bond acceptors (Lipinski definition) is 5. The predicted octanol–water partition coefficient (Wildman–Crippen LogP) is 3.03. The number of rotatable bonds is 3. The van der Waals surface area contributed by atoms with Crippen molar-refractivity contribution < 1.29 is 4.74 Å². The maximum Gasteiger partial charge on any atom is 0.291 e. The highest BCUT2D eigenvalue weighted by atomic mass is 35.5. The second-order valence-electron chi connectivity index (χ2n) is 5.33. The van der Waals surface area contributed by atoms with Crippen LogP contribution in [-0.2, 0) is 0 Å². The van der Waals surface area contributed by atoms with E-state index in [1.54, 1.807) is 19.2 Å². The molecule has 2 heterocycles. The van der Waals surface area contributed by atoms with Gasteiger partial charge in [-0.25, -0.2) is 0 Å². The van der Waals surface area contributed by atoms with Gasteiger partial charge in [-0.2, -0.15) is 9.50 Å². The van der Waals surface area contributed by atoms with Crippen molar-refractivity contribution >= 4 is 34.0 Å². The van der Waals surface area contributed by atoms with E-state index in [1.807, 2.05) is 42.5 Å². The summed E-state index contributed by atoms with van der Waals surface area (Å²) in [5, 5.41) is 4.99. The smallest absolute Gasteiger partial charge is 0.291 e.